The average Bonchev–Trinajstić information content (AvgIpc) is 2.38. The minimum atomic E-state index is 0.0441. The number of ether oxygens (including phenoxy) is 2. The molecule has 1 aliphatic carbocycles. The smallest absolute Gasteiger partial charge is 0.103 e. The first kappa shape index (κ1) is 13.3. The molecule has 3 atom stereocenters. The Morgan fingerprint density at radius 1 is 1.39 bits per heavy atom. The summed E-state index contributed by atoms with van der Waals surface area (Å²) in [5.74, 6) is 0. The Morgan fingerprint density at radius 3 is 2.83 bits per heavy atom. The fourth-order valence-electron chi connectivity index (χ4n) is 2.41. The molecule has 0 amide bonds. The molecule has 1 aliphatic rings. The van der Waals surface area contributed by atoms with Gasteiger partial charge in [0.05, 0.1) is 18.8 Å². The summed E-state index contributed by atoms with van der Waals surface area (Å²) in [5.41, 5.74) is 1.88. The second-order valence-corrected chi connectivity index (χ2v) is 4.50. The molecule has 3 unspecified atom stereocenters. The van der Waals surface area contributed by atoms with Gasteiger partial charge in [-0.2, -0.15) is 0 Å². The molecule has 2 rings (SSSR count). The van der Waals surface area contributed by atoms with Crippen molar-refractivity contribution in [3.8, 4) is 0 Å². The number of benzene rings is 1. The lowest BCUT2D eigenvalue weighted by atomic mass is 9.84. The van der Waals surface area contributed by atoms with E-state index in [1.807, 2.05) is 31.2 Å². The van der Waals surface area contributed by atoms with E-state index in [0.717, 1.165) is 17.7 Å². The lowest BCUT2D eigenvalue weighted by Crippen LogP contribution is -2.56. The quantitative estimate of drug-likeness (QED) is 0.809. The molecule has 2 N–H and O–H groups in total. The van der Waals surface area contributed by atoms with Crippen LogP contribution in [0.15, 0.2) is 24.3 Å². The van der Waals surface area contributed by atoms with Gasteiger partial charge in [0.25, 0.3) is 0 Å². The Kier molecular flexibility index (Phi) is 4.58. The summed E-state index contributed by atoms with van der Waals surface area (Å²) in [5, 5.41) is 12.7. The van der Waals surface area contributed by atoms with Gasteiger partial charge in [0.15, 0.2) is 0 Å². The van der Waals surface area contributed by atoms with Crippen LogP contribution in [0.5, 0.6) is 0 Å². The first-order valence-electron chi connectivity index (χ1n) is 6.39. The maximum Gasteiger partial charge on any atom is 0.103 e. The SMILES string of the molecule is CCOC1CC(Nc2ccccc2CO)C1OC. The molecule has 1 aromatic rings. The predicted molar refractivity (Wildman–Crippen MR) is 70.6 cm³/mol. The number of para-hydroxylation sites is 1. The Hall–Kier alpha value is -1.10. The van der Waals surface area contributed by atoms with Crippen molar-refractivity contribution < 1.29 is 14.6 Å². The van der Waals surface area contributed by atoms with Crippen LogP contribution in [-0.2, 0) is 16.1 Å². The van der Waals surface area contributed by atoms with Crippen LogP contribution in [-0.4, -0.2) is 37.1 Å². The number of aliphatic hydroxyl groups excluding tert-OH is 1. The predicted octanol–water partition coefficient (Wildman–Crippen LogP) is 1.78. The van der Waals surface area contributed by atoms with Gasteiger partial charge in [-0.25, -0.2) is 0 Å². The molecule has 0 radical (unpaired) electrons. The molecule has 100 valence electrons. The highest BCUT2D eigenvalue weighted by Crippen LogP contribution is 2.30. The van der Waals surface area contributed by atoms with Crippen molar-refractivity contribution in [3.05, 3.63) is 29.8 Å². The standard InChI is InChI=1S/C14H21NO3/c1-3-18-13-8-12(14(13)17-2)15-11-7-5-4-6-10(11)9-16/h4-7,12-16H,3,8-9H2,1-2H3. The molecular weight excluding hydrogens is 230 g/mol. The highest BCUT2D eigenvalue weighted by atomic mass is 16.5. The van der Waals surface area contributed by atoms with Crippen molar-refractivity contribution in [1.82, 2.24) is 0 Å². The van der Waals surface area contributed by atoms with Crippen LogP contribution < -0.4 is 5.32 Å². The van der Waals surface area contributed by atoms with Crippen molar-refractivity contribution >= 4 is 5.69 Å². The molecule has 0 bridgehead atoms. The number of nitrogens with one attached hydrogen (secondary N) is 1. The number of aliphatic hydroxyl groups is 1. The Morgan fingerprint density at radius 2 is 2.17 bits per heavy atom. The van der Waals surface area contributed by atoms with Gasteiger partial charge >= 0.3 is 0 Å². The molecule has 1 aromatic carbocycles. The lowest BCUT2D eigenvalue weighted by molar-refractivity contribution is -0.118. The highest BCUT2D eigenvalue weighted by molar-refractivity contribution is 5.52. The zero-order chi connectivity index (χ0) is 13.0. The maximum absolute atomic E-state index is 9.29. The van der Waals surface area contributed by atoms with Gasteiger partial charge in [0.1, 0.15) is 6.10 Å². The van der Waals surface area contributed by atoms with E-state index in [1.54, 1.807) is 7.11 Å². The minimum Gasteiger partial charge on any atom is -0.392 e. The van der Waals surface area contributed by atoms with Crippen LogP contribution in [0, 0.1) is 0 Å². The van der Waals surface area contributed by atoms with Gasteiger partial charge in [-0.3, -0.25) is 0 Å². The third-order valence-electron chi connectivity index (χ3n) is 3.43. The summed E-state index contributed by atoms with van der Waals surface area (Å²) >= 11 is 0. The van der Waals surface area contributed by atoms with Crippen LogP contribution in [0.1, 0.15) is 18.9 Å². The molecule has 0 spiro atoms. The number of rotatable bonds is 6. The molecule has 18 heavy (non-hydrogen) atoms. The summed E-state index contributed by atoms with van der Waals surface area (Å²) in [6.45, 7) is 2.75. The van der Waals surface area contributed by atoms with E-state index in [1.165, 1.54) is 0 Å². The van der Waals surface area contributed by atoms with Crippen molar-refractivity contribution in [2.24, 2.45) is 0 Å². The van der Waals surface area contributed by atoms with Gasteiger partial charge in [0, 0.05) is 25.0 Å². The first-order valence-corrected chi connectivity index (χ1v) is 6.39. The van der Waals surface area contributed by atoms with Crippen LogP contribution in [0.3, 0.4) is 0 Å². The number of methoxy groups -OCH3 is 1. The largest absolute Gasteiger partial charge is 0.392 e. The second kappa shape index (κ2) is 6.18. The van der Waals surface area contributed by atoms with Crippen LogP contribution in [0.4, 0.5) is 5.69 Å². The first-order chi connectivity index (χ1) is 8.80. The van der Waals surface area contributed by atoms with Crippen molar-refractivity contribution in [3.63, 3.8) is 0 Å². The number of hydrogen-bond donors (Lipinski definition) is 2. The number of hydrogen-bond acceptors (Lipinski definition) is 4. The van der Waals surface area contributed by atoms with Crippen LogP contribution in [0.25, 0.3) is 0 Å². The van der Waals surface area contributed by atoms with E-state index in [4.69, 9.17) is 9.47 Å². The van der Waals surface area contributed by atoms with Gasteiger partial charge in [-0.05, 0) is 19.4 Å². The van der Waals surface area contributed by atoms with Crippen LogP contribution in [0.2, 0.25) is 0 Å². The van der Waals surface area contributed by atoms with E-state index in [-0.39, 0.29) is 24.9 Å². The normalized spacial score (nSPS) is 26.7. The molecule has 4 heteroatoms. The second-order valence-electron chi connectivity index (χ2n) is 4.50. The molecule has 1 fully saturated rings. The molecular formula is C14H21NO3. The van der Waals surface area contributed by atoms with Gasteiger partial charge in [0.2, 0.25) is 0 Å². The molecule has 0 aliphatic heterocycles. The summed E-state index contributed by atoms with van der Waals surface area (Å²) in [7, 11) is 1.71. The topological polar surface area (TPSA) is 50.7 Å². The van der Waals surface area contributed by atoms with E-state index >= 15 is 0 Å². The van der Waals surface area contributed by atoms with E-state index in [9.17, 15) is 5.11 Å². The third kappa shape index (κ3) is 2.66. The highest BCUT2D eigenvalue weighted by Gasteiger charge is 2.42. The van der Waals surface area contributed by atoms with E-state index < -0.39 is 0 Å². The Bertz CT molecular complexity index is 383. The van der Waals surface area contributed by atoms with Gasteiger partial charge in [-0.1, -0.05) is 18.2 Å². The Labute approximate surface area is 108 Å². The molecule has 1 saturated carbocycles. The van der Waals surface area contributed by atoms with Crippen molar-refractivity contribution in [2.45, 2.75) is 38.2 Å². The Balaban J connectivity index is 1.98. The third-order valence-corrected chi connectivity index (χ3v) is 3.43. The molecule has 0 saturated heterocycles. The maximum atomic E-state index is 9.29. The summed E-state index contributed by atoms with van der Waals surface area (Å²) in [6, 6.07) is 8.03. The van der Waals surface area contributed by atoms with E-state index in [0.29, 0.717) is 6.61 Å². The molecule has 0 heterocycles. The molecule has 4 nitrogen and oxygen atoms in total. The molecule has 0 aromatic heterocycles. The van der Waals surface area contributed by atoms with Crippen molar-refractivity contribution in [1.29, 1.82) is 0 Å². The van der Waals surface area contributed by atoms with Crippen LogP contribution >= 0.6 is 0 Å². The zero-order valence-corrected chi connectivity index (χ0v) is 10.9. The fourth-order valence-corrected chi connectivity index (χ4v) is 2.41. The summed E-state index contributed by atoms with van der Waals surface area (Å²) in [6.07, 6.45) is 1.20. The summed E-state index contributed by atoms with van der Waals surface area (Å²) in [4.78, 5) is 0. The lowest BCUT2D eigenvalue weighted by Gasteiger charge is -2.44. The number of anilines is 1. The van der Waals surface area contributed by atoms with Gasteiger partial charge < -0.3 is 19.9 Å². The summed E-state index contributed by atoms with van der Waals surface area (Å²) < 4.78 is 11.1. The minimum absolute atomic E-state index is 0.0441. The zero-order valence-electron chi connectivity index (χ0n) is 10.9. The monoisotopic (exact) mass is 251 g/mol. The fraction of sp³-hybridized carbons (Fsp3) is 0.571. The average molecular weight is 251 g/mol. The van der Waals surface area contributed by atoms with Gasteiger partial charge in [-0.15, -0.1) is 0 Å². The van der Waals surface area contributed by atoms with Crippen molar-refractivity contribution in [2.75, 3.05) is 19.0 Å². The van der Waals surface area contributed by atoms with E-state index in [2.05, 4.69) is 5.32 Å².